The Bertz CT molecular complexity index is 678. The Labute approximate surface area is 134 Å². The average Bonchev–Trinajstić information content (AvgIpc) is 2.57. The van der Waals surface area contributed by atoms with Crippen molar-refractivity contribution in [2.24, 2.45) is 11.8 Å². The topological polar surface area (TPSA) is 72.5 Å². The molecule has 0 spiro atoms. The number of benzene rings is 1. The lowest BCUT2D eigenvalue weighted by Gasteiger charge is -2.33. The van der Waals surface area contributed by atoms with Crippen LogP contribution in [-0.4, -0.2) is 23.7 Å². The van der Waals surface area contributed by atoms with E-state index in [0.717, 1.165) is 5.56 Å². The van der Waals surface area contributed by atoms with Crippen molar-refractivity contribution in [3.63, 3.8) is 0 Å². The third-order valence-corrected chi connectivity index (χ3v) is 4.16. The van der Waals surface area contributed by atoms with Gasteiger partial charge in [0.25, 0.3) is 0 Å². The van der Waals surface area contributed by atoms with Gasteiger partial charge in [-0.15, -0.1) is 0 Å². The summed E-state index contributed by atoms with van der Waals surface area (Å²) in [6.45, 7) is 0.157. The van der Waals surface area contributed by atoms with Gasteiger partial charge in [-0.3, -0.25) is 9.59 Å². The largest absolute Gasteiger partial charge is 0.445 e. The first-order valence-electron chi connectivity index (χ1n) is 7.55. The molecule has 3 atom stereocenters. The average molecular weight is 311 g/mol. The zero-order valence-electron chi connectivity index (χ0n) is 12.5. The first-order valence-corrected chi connectivity index (χ1v) is 7.55. The van der Waals surface area contributed by atoms with Gasteiger partial charge in [0.15, 0.2) is 11.6 Å². The zero-order chi connectivity index (χ0) is 16.2. The minimum absolute atomic E-state index is 0.0663. The normalized spacial score (nSPS) is 25.8. The van der Waals surface area contributed by atoms with E-state index in [0.29, 0.717) is 6.42 Å². The van der Waals surface area contributed by atoms with Crippen LogP contribution in [-0.2, 0) is 20.9 Å². The van der Waals surface area contributed by atoms with E-state index in [1.807, 2.05) is 36.4 Å². The number of carbonyl (C=O) groups excluding carboxylic acids is 3. The highest BCUT2D eigenvalue weighted by Gasteiger charge is 2.41. The summed E-state index contributed by atoms with van der Waals surface area (Å²) < 4.78 is 5.17. The standard InChI is InChI=1S/C18H17NO4/c20-15-9-10-16(21)17-13(15)7-4-8-14(17)19-18(22)23-11-12-5-2-1-3-6-12/h1-6,8-10,13-14,17H,7,11H2,(H,19,22)/t13-,14-,17+/m1/s1. The maximum absolute atomic E-state index is 12.1. The van der Waals surface area contributed by atoms with Gasteiger partial charge in [0.1, 0.15) is 6.61 Å². The molecule has 0 saturated carbocycles. The van der Waals surface area contributed by atoms with Crippen LogP contribution < -0.4 is 5.32 Å². The Hall–Kier alpha value is -2.69. The van der Waals surface area contributed by atoms with Gasteiger partial charge in [0.2, 0.25) is 0 Å². The summed E-state index contributed by atoms with van der Waals surface area (Å²) in [4.78, 5) is 35.9. The highest BCUT2D eigenvalue weighted by atomic mass is 16.5. The Morgan fingerprint density at radius 1 is 1.13 bits per heavy atom. The number of fused-ring (bicyclic) bond motifs is 1. The maximum Gasteiger partial charge on any atom is 0.407 e. The van der Waals surface area contributed by atoms with Crippen LogP contribution >= 0.6 is 0 Å². The van der Waals surface area contributed by atoms with Gasteiger partial charge in [0.05, 0.1) is 12.0 Å². The highest BCUT2D eigenvalue weighted by molar-refractivity contribution is 6.08. The number of amides is 1. The molecule has 2 aliphatic carbocycles. The van der Waals surface area contributed by atoms with Gasteiger partial charge >= 0.3 is 6.09 Å². The number of ether oxygens (including phenoxy) is 1. The number of hydrogen-bond donors (Lipinski definition) is 1. The molecule has 5 nitrogen and oxygen atoms in total. The third-order valence-electron chi connectivity index (χ3n) is 4.16. The van der Waals surface area contributed by atoms with E-state index in [4.69, 9.17) is 4.74 Å². The molecular formula is C18H17NO4. The third kappa shape index (κ3) is 3.39. The molecule has 2 aliphatic rings. The quantitative estimate of drug-likeness (QED) is 0.869. The lowest BCUT2D eigenvalue weighted by atomic mass is 9.72. The summed E-state index contributed by atoms with van der Waals surface area (Å²) in [5, 5.41) is 2.68. The fraction of sp³-hybridized carbons (Fsp3) is 0.278. The number of nitrogens with one attached hydrogen (secondary N) is 1. The van der Waals surface area contributed by atoms with Gasteiger partial charge in [-0.2, -0.15) is 0 Å². The van der Waals surface area contributed by atoms with Crippen LogP contribution in [0.4, 0.5) is 4.79 Å². The van der Waals surface area contributed by atoms with Gasteiger partial charge in [0, 0.05) is 5.92 Å². The van der Waals surface area contributed by atoms with Crippen molar-refractivity contribution < 1.29 is 19.1 Å². The Morgan fingerprint density at radius 2 is 1.87 bits per heavy atom. The van der Waals surface area contributed by atoms with Gasteiger partial charge < -0.3 is 10.1 Å². The molecule has 1 aromatic rings. The molecule has 1 amide bonds. The molecular weight excluding hydrogens is 294 g/mol. The van der Waals surface area contributed by atoms with Crippen molar-refractivity contribution in [1.82, 2.24) is 5.32 Å². The van der Waals surface area contributed by atoms with Crippen molar-refractivity contribution in [3.8, 4) is 0 Å². The molecule has 118 valence electrons. The minimum atomic E-state index is -0.598. The molecule has 0 heterocycles. The molecule has 3 rings (SSSR count). The van der Waals surface area contributed by atoms with E-state index in [-0.39, 0.29) is 18.2 Å². The van der Waals surface area contributed by atoms with Crippen LogP contribution in [0, 0.1) is 11.8 Å². The van der Waals surface area contributed by atoms with E-state index in [2.05, 4.69) is 5.32 Å². The number of alkyl carbamates (subject to hydrolysis) is 1. The molecule has 0 aromatic heterocycles. The maximum atomic E-state index is 12.1. The summed E-state index contributed by atoms with van der Waals surface area (Å²) in [5.41, 5.74) is 0.881. The molecule has 0 bridgehead atoms. The lowest BCUT2D eigenvalue weighted by Crippen LogP contribution is -2.49. The number of hydrogen-bond acceptors (Lipinski definition) is 4. The van der Waals surface area contributed by atoms with E-state index >= 15 is 0 Å². The second-order valence-electron chi connectivity index (χ2n) is 5.67. The van der Waals surface area contributed by atoms with Gasteiger partial charge in [-0.05, 0) is 24.1 Å². The number of carbonyl (C=O) groups is 3. The molecule has 0 saturated heterocycles. The molecule has 0 fully saturated rings. The molecule has 0 radical (unpaired) electrons. The minimum Gasteiger partial charge on any atom is -0.445 e. The molecule has 0 unspecified atom stereocenters. The molecule has 5 heteroatoms. The molecule has 0 aliphatic heterocycles. The van der Waals surface area contributed by atoms with Gasteiger partial charge in [-0.25, -0.2) is 4.79 Å². The van der Waals surface area contributed by atoms with E-state index < -0.39 is 24.0 Å². The van der Waals surface area contributed by atoms with E-state index in [1.165, 1.54) is 12.2 Å². The number of ketones is 2. The van der Waals surface area contributed by atoms with E-state index in [1.54, 1.807) is 6.08 Å². The second-order valence-corrected chi connectivity index (χ2v) is 5.67. The predicted octanol–water partition coefficient (Wildman–Crippen LogP) is 2.18. The first kappa shape index (κ1) is 15.2. The number of rotatable bonds is 3. The number of allylic oxidation sites excluding steroid dienone is 3. The van der Waals surface area contributed by atoms with Gasteiger partial charge in [-0.1, -0.05) is 42.5 Å². The van der Waals surface area contributed by atoms with Crippen molar-refractivity contribution in [2.45, 2.75) is 19.1 Å². The molecule has 23 heavy (non-hydrogen) atoms. The van der Waals surface area contributed by atoms with Crippen LogP contribution in [0.5, 0.6) is 0 Å². The van der Waals surface area contributed by atoms with Crippen molar-refractivity contribution in [1.29, 1.82) is 0 Å². The predicted molar refractivity (Wildman–Crippen MR) is 83.4 cm³/mol. The summed E-state index contributed by atoms with van der Waals surface area (Å²) in [6, 6.07) is 8.82. The molecule has 1 aromatic carbocycles. The van der Waals surface area contributed by atoms with Crippen molar-refractivity contribution >= 4 is 17.7 Å². The first-order chi connectivity index (χ1) is 11.1. The van der Waals surface area contributed by atoms with Crippen LogP contribution in [0.25, 0.3) is 0 Å². The van der Waals surface area contributed by atoms with Crippen molar-refractivity contribution in [3.05, 3.63) is 60.2 Å². The van der Waals surface area contributed by atoms with Crippen LogP contribution in [0.2, 0.25) is 0 Å². The smallest absolute Gasteiger partial charge is 0.407 e. The Balaban J connectivity index is 1.62. The van der Waals surface area contributed by atoms with Crippen LogP contribution in [0.3, 0.4) is 0 Å². The lowest BCUT2D eigenvalue weighted by molar-refractivity contribution is -0.129. The van der Waals surface area contributed by atoms with Crippen LogP contribution in [0.1, 0.15) is 12.0 Å². The zero-order valence-corrected chi connectivity index (χ0v) is 12.5. The Kier molecular flexibility index (Phi) is 4.37. The fourth-order valence-corrected chi connectivity index (χ4v) is 2.99. The van der Waals surface area contributed by atoms with Crippen molar-refractivity contribution in [2.75, 3.05) is 0 Å². The Morgan fingerprint density at radius 3 is 2.65 bits per heavy atom. The summed E-state index contributed by atoms with van der Waals surface area (Å²) >= 11 is 0. The monoisotopic (exact) mass is 311 g/mol. The fourth-order valence-electron chi connectivity index (χ4n) is 2.99. The summed E-state index contributed by atoms with van der Waals surface area (Å²) in [7, 11) is 0. The highest BCUT2D eigenvalue weighted by Crippen LogP contribution is 2.31. The summed E-state index contributed by atoms with van der Waals surface area (Å²) in [6.07, 6.45) is 6.14. The SMILES string of the molecule is O=C(N[C@@H]1C=CC[C@@H]2C(=O)C=CC(=O)[C@@H]21)OCc1ccccc1. The van der Waals surface area contributed by atoms with E-state index in [9.17, 15) is 14.4 Å². The second kappa shape index (κ2) is 6.60. The van der Waals surface area contributed by atoms with Crippen LogP contribution in [0.15, 0.2) is 54.6 Å². The summed E-state index contributed by atoms with van der Waals surface area (Å²) in [5.74, 6) is -1.13. The molecule has 1 N–H and O–H groups in total.